The van der Waals surface area contributed by atoms with Crippen LogP contribution in [0.25, 0.3) is 0 Å². The summed E-state index contributed by atoms with van der Waals surface area (Å²) in [5.41, 5.74) is 6.56. The van der Waals surface area contributed by atoms with E-state index in [9.17, 15) is 9.59 Å². The van der Waals surface area contributed by atoms with Crippen molar-refractivity contribution in [1.82, 2.24) is 0 Å². The second-order valence-electron chi connectivity index (χ2n) is 11.2. The first-order valence-corrected chi connectivity index (χ1v) is 15.0. The molecule has 44 heavy (non-hydrogen) atoms. The third-order valence-electron chi connectivity index (χ3n) is 8.44. The van der Waals surface area contributed by atoms with Crippen LogP contribution in [0, 0.1) is 0 Å². The maximum Gasteiger partial charge on any atom is 0.259 e. The van der Waals surface area contributed by atoms with E-state index in [1.54, 1.807) is 4.90 Å². The van der Waals surface area contributed by atoms with Crippen molar-refractivity contribution in [3.05, 3.63) is 173 Å². The van der Waals surface area contributed by atoms with Crippen LogP contribution in [-0.4, -0.2) is 11.7 Å². The Morgan fingerprint density at radius 2 is 1.36 bits per heavy atom. The van der Waals surface area contributed by atoms with E-state index >= 15 is 0 Å². The number of carbonyl (C=O) groups excluding carboxylic acids is 2. The van der Waals surface area contributed by atoms with Crippen LogP contribution in [0.4, 0.5) is 11.4 Å². The summed E-state index contributed by atoms with van der Waals surface area (Å²) in [7, 11) is 0. The Kier molecular flexibility index (Phi) is 7.51. The van der Waals surface area contributed by atoms with Crippen LogP contribution in [0.5, 0.6) is 5.75 Å². The number of hydrogen-bond acceptors (Lipinski definition) is 4. The number of benzene rings is 5. The van der Waals surface area contributed by atoms with Crippen molar-refractivity contribution in [2.45, 2.75) is 31.4 Å². The Labute approximate surface area is 257 Å². The van der Waals surface area contributed by atoms with Crippen LogP contribution >= 0.6 is 0 Å². The van der Waals surface area contributed by atoms with E-state index in [0.717, 1.165) is 39.5 Å². The van der Waals surface area contributed by atoms with E-state index in [0.29, 0.717) is 30.6 Å². The second-order valence-corrected chi connectivity index (χ2v) is 11.2. The molecular weight excluding hydrogens is 544 g/mol. The predicted octanol–water partition coefficient (Wildman–Crippen LogP) is 8.48. The maximum absolute atomic E-state index is 14.4. The molecule has 0 spiro atoms. The number of nitrogens with one attached hydrogen (secondary N) is 1. The van der Waals surface area contributed by atoms with Crippen molar-refractivity contribution in [2.24, 2.45) is 0 Å². The molecule has 1 aliphatic heterocycles. The van der Waals surface area contributed by atoms with Crippen molar-refractivity contribution in [3.63, 3.8) is 0 Å². The monoisotopic (exact) mass is 576 g/mol. The van der Waals surface area contributed by atoms with Gasteiger partial charge in [-0.1, -0.05) is 109 Å². The number of hydrogen-bond donors (Lipinski definition) is 1. The molecule has 0 unspecified atom stereocenters. The molecule has 0 saturated heterocycles. The predicted molar refractivity (Wildman–Crippen MR) is 174 cm³/mol. The standard InChI is InChI=1S/C39H32N2O3/c42-35-25-30(31-20-10-13-23-36(31)44-26-27-14-4-1-5-15-27)24-33-37(35)38(28-16-6-2-7-17-28)41(34-22-12-11-21-32(34)40-33)39(43)29-18-8-3-9-19-29/h1-23,30,38,40H,24-26H2/t30-,38+/m0/s1. The average Bonchev–Trinajstić information content (AvgIpc) is 3.23. The summed E-state index contributed by atoms with van der Waals surface area (Å²) in [5.74, 6) is 0.569. The molecule has 5 heteroatoms. The SMILES string of the molecule is O=C1C[C@@H](c2ccccc2OCc2ccccc2)CC2=C1[C@@H](c1ccccc1)N(C(=O)c1ccccc1)c1ccccc1N2. The quantitative estimate of drug-likeness (QED) is 0.220. The summed E-state index contributed by atoms with van der Waals surface area (Å²) in [5, 5.41) is 3.63. The van der Waals surface area contributed by atoms with Crippen molar-refractivity contribution < 1.29 is 14.3 Å². The highest BCUT2D eigenvalue weighted by Gasteiger charge is 2.42. The summed E-state index contributed by atoms with van der Waals surface area (Å²) in [6, 6.07) is 44.5. The molecule has 1 heterocycles. The fourth-order valence-electron chi connectivity index (χ4n) is 6.39. The van der Waals surface area contributed by atoms with Crippen molar-refractivity contribution in [2.75, 3.05) is 10.2 Å². The van der Waals surface area contributed by atoms with Gasteiger partial charge in [0.1, 0.15) is 12.4 Å². The van der Waals surface area contributed by atoms with Gasteiger partial charge >= 0.3 is 0 Å². The number of amides is 1. The van der Waals surface area contributed by atoms with Gasteiger partial charge < -0.3 is 10.1 Å². The van der Waals surface area contributed by atoms with Gasteiger partial charge in [-0.15, -0.1) is 0 Å². The van der Waals surface area contributed by atoms with Crippen LogP contribution in [0.2, 0.25) is 0 Å². The van der Waals surface area contributed by atoms with Gasteiger partial charge in [0.2, 0.25) is 0 Å². The highest BCUT2D eigenvalue weighted by molar-refractivity contribution is 6.12. The number of ether oxygens (including phenoxy) is 1. The number of Topliss-reactive ketones (excluding diaryl/α,β-unsaturated/α-hetero) is 1. The topological polar surface area (TPSA) is 58.6 Å². The van der Waals surface area contributed by atoms with Crippen LogP contribution < -0.4 is 15.0 Å². The molecule has 2 aliphatic rings. The van der Waals surface area contributed by atoms with Gasteiger partial charge in [-0.2, -0.15) is 0 Å². The summed E-state index contributed by atoms with van der Waals surface area (Å²) in [4.78, 5) is 30.6. The molecule has 216 valence electrons. The van der Waals surface area contributed by atoms with E-state index in [2.05, 4.69) is 11.4 Å². The zero-order valence-corrected chi connectivity index (χ0v) is 24.2. The maximum atomic E-state index is 14.4. The number of rotatable bonds is 6. The molecule has 5 aromatic rings. The largest absolute Gasteiger partial charge is 0.489 e. The summed E-state index contributed by atoms with van der Waals surface area (Å²) in [6.07, 6.45) is 0.928. The molecule has 5 nitrogen and oxygen atoms in total. The van der Waals surface area contributed by atoms with Crippen molar-refractivity contribution in [1.29, 1.82) is 0 Å². The molecular formula is C39H32N2O3. The lowest BCUT2D eigenvalue weighted by Gasteiger charge is -2.35. The van der Waals surface area contributed by atoms with Crippen LogP contribution in [0.3, 0.4) is 0 Å². The first-order valence-electron chi connectivity index (χ1n) is 15.0. The Bertz CT molecular complexity index is 1830. The molecule has 1 N–H and O–H groups in total. The fourth-order valence-corrected chi connectivity index (χ4v) is 6.39. The fraction of sp³-hybridized carbons (Fsp3) is 0.128. The number of nitrogens with zero attached hydrogens (tertiary/aromatic N) is 1. The normalized spacial score (nSPS) is 17.6. The van der Waals surface area contributed by atoms with Gasteiger partial charge in [0.15, 0.2) is 5.78 Å². The van der Waals surface area contributed by atoms with Gasteiger partial charge in [0, 0.05) is 29.2 Å². The van der Waals surface area contributed by atoms with E-state index in [1.807, 2.05) is 133 Å². The van der Waals surface area contributed by atoms with E-state index < -0.39 is 6.04 Å². The third kappa shape index (κ3) is 5.29. The molecule has 1 aliphatic carbocycles. The van der Waals surface area contributed by atoms with Gasteiger partial charge in [0.25, 0.3) is 5.91 Å². The van der Waals surface area contributed by atoms with Crippen LogP contribution in [0.1, 0.15) is 51.8 Å². The molecule has 2 atom stereocenters. The molecule has 0 saturated carbocycles. The summed E-state index contributed by atoms with van der Waals surface area (Å²) < 4.78 is 6.32. The number of anilines is 2. The number of para-hydroxylation sites is 3. The van der Waals surface area contributed by atoms with E-state index in [4.69, 9.17) is 4.74 Å². The zero-order valence-electron chi connectivity index (χ0n) is 24.2. The van der Waals surface area contributed by atoms with Crippen molar-refractivity contribution >= 4 is 23.1 Å². The Morgan fingerprint density at radius 1 is 0.727 bits per heavy atom. The van der Waals surface area contributed by atoms with Gasteiger partial charge in [-0.25, -0.2) is 0 Å². The molecule has 0 radical (unpaired) electrons. The van der Waals surface area contributed by atoms with Crippen LogP contribution in [0.15, 0.2) is 151 Å². The lowest BCUT2D eigenvalue weighted by Crippen LogP contribution is -2.38. The van der Waals surface area contributed by atoms with Gasteiger partial charge in [0.05, 0.1) is 17.4 Å². The number of fused-ring (bicyclic) bond motifs is 1. The summed E-state index contributed by atoms with van der Waals surface area (Å²) >= 11 is 0. The minimum atomic E-state index is -0.590. The smallest absolute Gasteiger partial charge is 0.259 e. The molecule has 0 fully saturated rings. The first-order chi connectivity index (χ1) is 21.7. The second kappa shape index (κ2) is 12.1. The van der Waals surface area contributed by atoms with Crippen molar-refractivity contribution in [3.8, 4) is 5.75 Å². The number of allylic oxidation sites excluding steroid dienone is 1. The van der Waals surface area contributed by atoms with Gasteiger partial charge in [-0.3, -0.25) is 14.5 Å². The lowest BCUT2D eigenvalue weighted by atomic mass is 9.78. The number of ketones is 1. The Morgan fingerprint density at radius 3 is 2.14 bits per heavy atom. The molecule has 0 bridgehead atoms. The Hall–Kier alpha value is -5.42. The minimum absolute atomic E-state index is 0.0223. The average molecular weight is 577 g/mol. The first kappa shape index (κ1) is 27.4. The van der Waals surface area contributed by atoms with E-state index in [-0.39, 0.29) is 17.6 Å². The van der Waals surface area contributed by atoms with Gasteiger partial charge in [-0.05, 0) is 53.4 Å². The zero-order chi connectivity index (χ0) is 29.9. The Balaban J connectivity index is 1.32. The summed E-state index contributed by atoms with van der Waals surface area (Å²) in [6.45, 7) is 0.449. The molecule has 5 aromatic carbocycles. The molecule has 1 amide bonds. The third-order valence-corrected chi connectivity index (χ3v) is 8.44. The van der Waals surface area contributed by atoms with Crippen LogP contribution in [-0.2, 0) is 11.4 Å². The highest BCUT2D eigenvalue weighted by Crippen LogP contribution is 2.48. The molecule has 7 rings (SSSR count). The highest BCUT2D eigenvalue weighted by atomic mass is 16.5. The number of carbonyl (C=O) groups is 2. The van der Waals surface area contributed by atoms with E-state index in [1.165, 1.54) is 0 Å². The lowest BCUT2D eigenvalue weighted by molar-refractivity contribution is -0.116. The molecule has 0 aromatic heterocycles. The minimum Gasteiger partial charge on any atom is -0.489 e.